The lowest BCUT2D eigenvalue weighted by molar-refractivity contribution is 0.0546. The van der Waals surface area contributed by atoms with Gasteiger partial charge in [0.05, 0.1) is 12.2 Å². The molecule has 4 heteroatoms. The molecule has 1 atom stereocenters. The van der Waals surface area contributed by atoms with E-state index in [4.69, 9.17) is 4.74 Å². The highest BCUT2D eigenvalue weighted by Crippen LogP contribution is 2.41. The summed E-state index contributed by atoms with van der Waals surface area (Å²) >= 11 is 0. The minimum atomic E-state index is -0.659. The SMILES string of the molecule is CCN1C(=O)c2ccccc2NC1(C)c1ccccc1OCC(C)C. The molecule has 1 aliphatic rings. The predicted octanol–water partition coefficient (Wildman–Crippen LogP) is 4.48. The maximum atomic E-state index is 13.1. The van der Waals surface area contributed by atoms with Gasteiger partial charge in [-0.2, -0.15) is 0 Å². The second-order valence-corrected chi connectivity index (χ2v) is 6.99. The fourth-order valence-electron chi connectivity index (χ4n) is 3.38. The summed E-state index contributed by atoms with van der Waals surface area (Å²) in [5.41, 5.74) is 1.88. The van der Waals surface area contributed by atoms with Crippen LogP contribution in [0.5, 0.6) is 5.75 Å². The maximum Gasteiger partial charge on any atom is 0.258 e. The van der Waals surface area contributed by atoms with Gasteiger partial charge in [0.2, 0.25) is 0 Å². The van der Waals surface area contributed by atoms with Gasteiger partial charge in [0.25, 0.3) is 5.91 Å². The number of fused-ring (bicyclic) bond motifs is 1. The number of hydrogen-bond acceptors (Lipinski definition) is 3. The first-order chi connectivity index (χ1) is 12.0. The highest BCUT2D eigenvalue weighted by Gasteiger charge is 2.43. The van der Waals surface area contributed by atoms with E-state index in [1.807, 2.05) is 67.3 Å². The minimum absolute atomic E-state index is 0.0398. The van der Waals surface area contributed by atoms with E-state index in [1.165, 1.54) is 0 Å². The number of hydrogen-bond donors (Lipinski definition) is 1. The number of para-hydroxylation sites is 2. The minimum Gasteiger partial charge on any atom is -0.493 e. The molecule has 25 heavy (non-hydrogen) atoms. The summed E-state index contributed by atoms with van der Waals surface area (Å²) in [6, 6.07) is 15.6. The molecule has 1 N–H and O–H groups in total. The smallest absolute Gasteiger partial charge is 0.258 e. The van der Waals surface area contributed by atoms with Crippen molar-refractivity contribution in [3.8, 4) is 5.75 Å². The zero-order chi connectivity index (χ0) is 18.0. The molecule has 4 nitrogen and oxygen atoms in total. The second-order valence-electron chi connectivity index (χ2n) is 6.99. The van der Waals surface area contributed by atoms with Gasteiger partial charge in [0.1, 0.15) is 11.4 Å². The number of benzene rings is 2. The molecular weight excluding hydrogens is 312 g/mol. The summed E-state index contributed by atoms with van der Waals surface area (Å²) in [5.74, 6) is 1.29. The third-order valence-corrected chi connectivity index (χ3v) is 4.62. The largest absolute Gasteiger partial charge is 0.493 e. The lowest BCUT2D eigenvalue weighted by atomic mass is 9.93. The summed E-state index contributed by atoms with van der Waals surface area (Å²) in [5, 5.41) is 3.57. The Balaban J connectivity index is 2.07. The van der Waals surface area contributed by atoms with Crippen molar-refractivity contribution in [1.29, 1.82) is 0 Å². The van der Waals surface area contributed by atoms with E-state index >= 15 is 0 Å². The summed E-state index contributed by atoms with van der Waals surface area (Å²) in [6.07, 6.45) is 0. The summed E-state index contributed by atoms with van der Waals surface area (Å²) in [4.78, 5) is 14.9. The Hall–Kier alpha value is -2.49. The molecule has 0 aliphatic carbocycles. The molecule has 1 aliphatic heterocycles. The molecule has 1 heterocycles. The van der Waals surface area contributed by atoms with Crippen molar-refractivity contribution in [2.45, 2.75) is 33.4 Å². The number of amides is 1. The van der Waals surface area contributed by atoms with Gasteiger partial charge in [-0.15, -0.1) is 0 Å². The zero-order valence-electron chi connectivity index (χ0n) is 15.4. The van der Waals surface area contributed by atoms with Crippen LogP contribution < -0.4 is 10.1 Å². The van der Waals surface area contributed by atoms with Gasteiger partial charge in [-0.3, -0.25) is 4.79 Å². The Morgan fingerprint density at radius 2 is 1.80 bits per heavy atom. The van der Waals surface area contributed by atoms with Crippen LogP contribution in [-0.4, -0.2) is 24.0 Å². The lowest BCUT2D eigenvalue weighted by Crippen LogP contribution is -2.55. The lowest BCUT2D eigenvalue weighted by Gasteiger charge is -2.46. The quantitative estimate of drug-likeness (QED) is 0.874. The van der Waals surface area contributed by atoms with E-state index in [9.17, 15) is 4.79 Å². The molecule has 132 valence electrons. The number of carbonyl (C=O) groups excluding carboxylic acids is 1. The first kappa shape index (κ1) is 17.3. The number of anilines is 1. The van der Waals surface area contributed by atoms with Gasteiger partial charge in [0.15, 0.2) is 0 Å². The van der Waals surface area contributed by atoms with Crippen LogP contribution in [-0.2, 0) is 5.66 Å². The number of ether oxygens (including phenoxy) is 1. The first-order valence-electron chi connectivity index (χ1n) is 8.89. The van der Waals surface area contributed by atoms with Gasteiger partial charge >= 0.3 is 0 Å². The van der Waals surface area contributed by atoms with E-state index in [1.54, 1.807) is 0 Å². The molecule has 1 unspecified atom stereocenters. The van der Waals surface area contributed by atoms with Crippen LogP contribution in [0.4, 0.5) is 5.69 Å². The summed E-state index contributed by atoms with van der Waals surface area (Å²) in [6.45, 7) is 9.55. The van der Waals surface area contributed by atoms with Gasteiger partial charge in [0, 0.05) is 17.8 Å². The van der Waals surface area contributed by atoms with E-state index in [2.05, 4.69) is 19.2 Å². The van der Waals surface area contributed by atoms with Crippen LogP contribution in [0.15, 0.2) is 48.5 Å². The third kappa shape index (κ3) is 3.09. The highest BCUT2D eigenvalue weighted by atomic mass is 16.5. The van der Waals surface area contributed by atoms with E-state index < -0.39 is 5.66 Å². The Morgan fingerprint density at radius 3 is 2.52 bits per heavy atom. The van der Waals surface area contributed by atoms with Crippen molar-refractivity contribution in [1.82, 2.24) is 4.90 Å². The van der Waals surface area contributed by atoms with Crippen LogP contribution in [0, 0.1) is 5.92 Å². The van der Waals surface area contributed by atoms with E-state index in [0.29, 0.717) is 24.6 Å². The molecule has 2 aromatic rings. The van der Waals surface area contributed by atoms with Crippen LogP contribution in [0.2, 0.25) is 0 Å². The zero-order valence-corrected chi connectivity index (χ0v) is 15.4. The molecule has 0 saturated heterocycles. The van der Waals surface area contributed by atoms with Crippen molar-refractivity contribution >= 4 is 11.6 Å². The monoisotopic (exact) mass is 338 g/mol. The Kier molecular flexibility index (Phi) is 4.71. The van der Waals surface area contributed by atoms with Crippen molar-refractivity contribution in [3.05, 3.63) is 59.7 Å². The highest BCUT2D eigenvalue weighted by molar-refractivity contribution is 6.02. The summed E-state index contributed by atoms with van der Waals surface area (Å²) < 4.78 is 6.06. The molecule has 0 aromatic heterocycles. The van der Waals surface area contributed by atoms with Gasteiger partial charge in [-0.1, -0.05) is 44.2 Å². The standard InChI is InChI=1S/C21H26N2O2/c1-5-23-20(24)16-10-6-8-12-18(16)22-21(23,4)17-11-7-9-13-19(17)25-14-15(2)3/h6-13,15,22H,5,14H2,1-4H3. The Labute approximate surface area is 149 Å². The predicted molar refractivity (Wildman–Crippen MR) is 101 cm³/mol. The van der Waals surface area contributed by atoms with Gasteiger partial charge in [-0.25, -0.2) is 0 Å². The molecule has 0 saturated carbocycles. The Bertz CT molecular complexity index is 772. The number of rotatable bonds is 5. The van der Waals surface area contributed by atoms with Crippen LogP contribution in [0.25, 0.3) is 0 Å². The number of nitrogens with zero attached hydrogens (tertiary/aromatic N) is 1. The van der Waals surface area contributed by atoms with Crippen molar-refractivity contribution in [2.75, 3.05) is 18.5 Å². The third-order valence-electron chi connectivity index (χ3n) is 4.62. The fraction of sp³-hybridized carbons (Fsp3) is 0.381. The molecule has 0 fully saturated rings. The average molecular weight is 338 g/mol. The number of carbonyl (C=O) groups is 1. The molecule has 0 radical (unpaired) electrons. The van der Waals surface area contributed by atoms with Gasteiger partial charge in [-0.05, 0) is 38.0 Å². The van der Waals surface area contributed by atoms with Crippen LogP contribution >= 0.6 is 0 Å². The average Bonchev–Trinajstić information content (AvgIpc) is 2.60. The molecule has 0 bridgehead atoms. The van der Waals surface area contributed by atoms with Crippen LogP contribution in [0.3, 0.4) is 0 Å². The molecule has 1 amide bonds. The van der Waals surface area contributed by atoms with Crippen molar-refractivity contribution < 1.29 is 9.53 Å². The van der Waals surface area contributed by atoms with Gasteiger partial charge < -0.3 is 15.0 Å². The summed E-state index contributed by atoms with van der Waals surface area (Å²) in [7, 11) is 0. The normalized spacial score (nSPS) is 19.6. The second kappa shape index (κ2) is 6.79. The molecule has 2 aromatic carbocycles. The fourth-order valence-corrected chi connectivity index (χ4v) is 3.38. The van der Waals surface area contributed by atoms with Crippen LogP contribution in [0.1, 0.15) is 43.6 Å². The Morgan fingerprint density at radius 1 is 1.12 bits per heavy atom. The molecule has 0 spiro atoms. The topological polar surface area (TPSA) is 41.6 Å². The number of nitrogens with one attached hydrogen (secondary N) is 1. The van der Waals surface area contributed by atoms with E-state index in [0.717, 1.165) is 17.0 Å². The van der Waals surface area contributed by atoms with Crippen molar-refractivity contribution in [3.63, 3.8) is 0 Å². The van der Waals surface area contributed by atoms with E-state index in [-0.39, 0.29) is 5.91 Å². The molecule has 3 rings (SSSR count). The first-order valence-corrected chi connectivity index (χ1v) is 8.89. The maximum absolute atomic E-state index is 13.1. The van der Waals surface area contributed by atoms with Crippen molar-refractivity contribution in [2.24, 2.45) is 5.92 Å². The molecular formula is C21H26N2O2.